The highest BCUT2D eigenvalue weighted by atomic mass is 32.1. The molecule has 8 rings (SSSR count). The van der Waals surface area contributed by atoms with Gasteiger partial charge in [0.05, 0.1) is 21.1 Å². The molecule has 0 fully saturated rings. The molecule has 3 heterocycles. The second-order valence-corrected chi connectivity index (χ2v) is 10.2. The van der Waals surface area contributed by atoms with Crippen molar-refractivity contribution in [2.24, 2.45) is 0 Å². The van der Waals surface area contributed by atoms with Gasteiger partial charge in [-0.15, -0.1) is 0 Å². The molecule has 4 nitrogen and oxygen atoms in total. The van der Waals surface area contributed by atoms with E-state index in [1.165, 1.54) is 0 Å². The van der Waals surface area contributed by atoms with E-state index in [0.29, 0.717) is 15.9 Å². The molecule has 0 bridgehead atoms. The van der Waals surface area contributed by atoms with Gasteiger partial charge >= 0.3 is 0 Å². The summed E-state index contributed by atoms with van der Waals surface area (Å²) in [5, 5.41) is 2.75. The molecule has 0 atom stereocenters. The summed E-state index contributed by atoms with van der Waals surface area (Å²) >= 11 is 1.54. The Hall–Kier alpha value is -4.74. The summed E-state index contributed by atoms with van der Waals surface area (Å²) in [7, 11) is 0. The molecule has 37 heavy (non-hydrogen) atoms. The van der Waals surface area contributed by atoms with Crippen LogP contribution in [0.15, 0.2) is 118 Å². The molecular formula is C32H18N2O2S. The molecule has 174 valence electrons. The van der Waals surface area contributed by atoms with Gasteiger partial charge in [0, 0.05) is 16.3 Å². The van der Waals surface area contributed by atoms with Gasteiger partial charge in [-0.2, -0.15) is 0 Å². The number of furan rings is 1. The van der Waals surface area contributed by atoms with Gasteiger partial charge in [0.25, 0.3) is 5.56 Å². The normalized spacial score (nSPS) is 11.9. The fraction of sp³-hybridized carbons (Fsp3) is 0. The Kier molecular flexibility index (Phi) is 4.22. The average molecular weight is 495 g/mol. The van der Waals surface area contributed by atoms with Crippen molar-refractivity contribution in [3.63, 3.8) is 0 Å². The third-order valence-corrected chi connectivity index (χ3v) is 8.07. The number of thiazole rings is 1. The number of hydrogen-bond acceptors (Lipinski definition) is 4. The second-order valence-electron chi connectivity index (χ2n) is 9.20. The Labute approximate surface area is 214 Å². The zero-order valence-electron chi connectivity index (χ0n) is 19.5. The molecule has 0 spiro atoms. The molecule has 0 amide bonds. The van der Waals surface area contributed by atoms with E-state index in [2.05, 4.69) is 36.4 Å². The van der Waals surface area contributed by atoms with Crippen LogP contribution in [-0.4, -0.2) is 9.38 Å². The summed E-state index contributed by atoms with van der Waals surface area (Å²) in [5.74, 6) is 0. The molecule has 5 aromatic carbocycles. The average Bonchev–Trinajstić information content (AvgIpc) is 3.51. The molecule has 0 aliphatic carbocycles. The lowest BCUT2D eigenvalue weighted by Gasteiger charge is -2.06. The van der Waals surface area contributed by atoms with Gasteiger partial charge in [0.1, 0.15) is 11.2 Å². The van der Waals surface area contributed by atoms with Crippen LogP contribution < -0.4 is 5.56 Å². The van der Waals surface area contributed by atoms with Gasteiger partial charge in [-0.3, -0.25) is 9.20 Å². The van der Waals surface area contributed by atoms with Crippen molar-refractivity contribution in [1.82, 2.24) is 9.38 Å². The Bertz CT molecular complexity index is 2220. The number of benzene rings is 5. The summed E-state index contributed by atoms with van der Waals surface area (Å²) in [6.07, 6.45) is 0. The van der Waals surface area contributed by atoms with Gasteiger partial charge < -0.3 is 4.42 Å². The standard InChI is InChI=1S/C32H18N2O2S/c35-31-25-17-21(22-10-6-11-24-23-9-4-5-12-28(23)36-30(22)24)13-15-26(25)33-32-34(31)27-16-14-20(18-29(27)37-32)19-7-2-1-3-8-19/h1-18H. The first-order valence-electron chi connectivity index (χ1n) is 12.1. The molecule has 5 heteroatoms. The van der Waals surface area contributed by atoms with E-state index in [1.54, 1.807) is 15.7 Å². The van der Waals surface area contributed by atoms with E-state index < -0.39 is 0 Å². The number of fused-ring (bicyclic) bond motifs is 7. The molecule has 0 aliphatic heterocycles. The quantitative estimate of drug-likeness (QED) is 0.243. The predicted molar refractivity (Wildman–Crippen MR) is 153 cm³/mol. The van der Waals surface area contributed by atoms with Crippen molar-refractivity contribution in [3.8, 4) is 22.3 Å². The van der Waals surface area contributed by atoms with E-state index >= 15 is 0 Å². The molecule has 0 saturated heterocycles. The first-order valence-corrected chi connectivity index (χ1v) is 12.9. The summed E-state index contributed by atoms with van der Waals surface area (Å²) in [4.78, 5) is 19.4. The van der Waals surface area contributed by atoms with Crippen LogP contribution in [0.3, 0.4) is 0 Å². The second kappa shape index (κ2) is 7.63. The predicted octanol–water partition coefficient (Wildman–Crippen LogP) is 8.30. The van der Waals surface area contributed by atoms with Crippen LogP contribution in [0.2, 0.25) is 0 Å². The van der Waals surface area contributed by atoms with Gasteiger partial charge in [-0.05, 0) is 47.0 Å². The lowest BCUT2D eigenvalue weighted by atomic mass is 10.0. The van der Waals surface area contributed by atoms with Crippen LogP contribution in [0.1, 0.15) is 0 Å². The largest absolute Gasteiger partial charge is 0.455 e. The molecule has 3 aromatic heterocycles. The Morgan fingerprint density at radius 2 is 1.49 bits per heavy atom. The Morgan fingerprint density at radius 1 is 0.676 bits per heavy atom. The highest BCUT2D eigenvalue weighted by molar-refractivity contribution is 7.23. The lowest BCUT2D eigenvalue weighted by Crippen LogP contribution is -2.13. The maximum Gasteiger partial charge on any atom is 0.266 e. The van der Waals surface area contributed by atoms with Crippen LogP contribution in [0.5, 0.6) is 0 Å². The van der Waals surface area contributed by atoms with Crippen molar-refractivity contribution in [1.29, 1.82) is 0 Å². The molecular weight excluding hydrogens is 476 g/mol. The van der Waals surface area contributed by atoms with Gasteiger partial charge in [-0.1, -0.05) is 90.2 Å². The topological polar surface area (TPSA) is 47.5 Å². The number of aromatic nitrogens is 2. The van der Waals surface area contributed by atoms with Crippen LogP contribution in [0, 0.1) is 0 Å². The molecule has 0 N–H and O–H groups in total. The van der Waals surface area contributed by atoms with Crippen molar-refractivity contribution in [3.05, 3.63) is 120 Å². The first kappa shape index (κ1) is 20.5. The van der Waals surface area contributed by atoms with Crippen molar-refractivity contribution in [2.75, 3.05) is 0 Å². The molecule has 0 unspecified atom stereocenters. The first-order chi connectivity index (χ1) is 18.2. The lowest BCUT2D eigenvalue weighted by molar-refractivity contribution is 0.670. The number of hydrogen-bond donors (Lipinski definition) is 0. The minimum atomic E-state index is -0.0580. The Morgan fingerprint density at radius 3 is 2.41 bits per heavy atom. The third-order valence-electron chi connectivity index (χ3n) is 7.06. The number of para-hydroxylation sites is 2. The van der Waals surface area contributed by atoms with E-state index in [0.717, 1.165) is 54.4 Å². The molecule has 0 aliphatic rings. The zero-order valence-corrected chi connectivity index (χ0v) is 20.3. The van der Waals surface area contributed by atoms with Gasteiger partial charge in [0.15, 0.2) is 4.96 Å². The summed E-state index contributed by atoms with van der Waals surface area (Å²) in [6.45, 7) is 0. The van der Waals surface area contributed by atoms with Gasteiger partial charge in [-0.25, -0.2) is 4.98 Å². The van der Waals surface area contributed by atoms with E-state index in [1.807, 2.05) is 72.8 Å². The maximum absolute atomic E-state index is 13.8. The van der Waals surface area contributed by atoms with Crippen molar-refractivity contribution < 1.29 is 4.42 Å². The third kappa shape index (κ3) is 3.01. The molecule has 0 saturated carbocycles. The minimum absolute atomic E-state index is 0.0580. The fourth-order valence-corrected chi connectivity index (χ4v) is 6.34. The van der Waals surface area contributed by atoms with E-state index in [-0.39, 0.29) is 5.56 Å². The Balaban J connectivity index is 1.35. The minimum Gasteiger partial charge on any atom is -0.455 e. The fourth-order valence-electron chi connectivity index (χ4n) is 5.28. The highest BCUT2D eigenvalue weighted by Gasteiger charge is 2.16. The van der Waals surface area contributed by atoms with Crippen LogP contribution >= 0.6 is 11.3 Å². The summed E-state index contributed by atoms with van der Waals surface area (Å²) < 4.78 is 9.02. The summed E-state index contributed by atoms with van der Waals surface area (Å²) in [6, 6.07) is 36.6. The van der Waals surface area contributed by atoms with Crippen LogP contribution in [0.25, 0.3) is 70.3 Å². The van der Waals surface area contributed by atoms with Crippen molar-refractivity contribution >= 4 is 59.4 Å². The smallest absolute Gasteiger partial charge is 0.266 e. The SMILES string of the molecule is O=c1c2cc(-c3cccc4c3oc3ccccc34)ccc2nc2sc3cc(-c4ccccc4)ccc3n12. The highest BCUT2D eigenvalue weighted by Crippen LogP contribution is 2.36. The van der Waals surface area contributed by atoms with E-state index in [9.17, 15) is 4.79 Å². The van der Waals surface area contributed by atoms with Crippen LogP contribution in [0.4, 0.5) is 0 Å². The van der Waals surface area contributed by atoms with Crippen molar-refractivity contribution in [2.45, 2.75) is 0 Å². The van der Waals surface area contributed by atoms with Gasteiger partial charge in [0.2, 0.25) is 0 Å². The molecule has 8 aromatic rings. The van der Waals surface area contributed by atoms with E-state index in [4.69, 9.17) is 9.40 Å². The number of nitrogens with zero attached hydrogens (tertiary/aromatic N) is 2. The number of rotatable bonds is 2. The van der Waals surface area contributed by atoms with Crippen LogP contribution in [-0.2, 0) is 0 Å². The molecule has 0 radical (unpaired) electrons. The maximum atomic E-state index is 13.8. The monoisotopic (exact) mass is 494 g/mol. The summed E-state index contributed by atoms with van der Waals surface area (Å²) in [5.41, 5.74) is 7.36. The zero-order chi connectivity index (χ0) is 24.5.